The Balaban J connectivity index is 1.37. The monoisotopic (exact) mass is 552 g/mol. The summed E-state index contributed by atoms with van der Waals surface area (Å²) in [7, 11) is 0. The number of hydrogen-bond acceptors (Lipinski definition) is 6. The highest BCUT2D eigenvalue weighted by atomic mass is 16.7. The fraction of sp³-hybridized carbons (Fsp3) is 0.286. The van der Waals surface area contributed by atoms with E-state index < -0.39 is 30.5 Å². The van der Waals surface area contributed by atoms with Gasteiger partial charge in [-0.3, -0.25) is 0 Å². The quantitative estimate of drug-likeness (QED) is 0.175. The maximum absolute atomic E-state index is 12.6. The molecule has 4 aromatic rings. The normalized spacial score (nSPS) is 22.3. The summed E-state index contributed by atoms with van der Waals surface area (Å²) < 4.78 is 31.8. The van der Waals surface area contributed by atoms with E-state index in [1.165, 1.54) is 0 Å². The lowest BCUT2D eigenvalue weighted by Gasteiger charge is -2.44. The molecule has 0 bridgehead atoms. The molecular formula is C35H36O6. The topological polar surface area (TPSA) is 63.2 Å². The molecule has 0 N–H and O–H groups in total. The minimum atomic E-state index is -0.824. The fourth-order valence-corrected chi connectivity index (χ4v) is 4.91. The molecule has 0 amide bonds. The molecule has 1 saturated heterocycles. The second-order valence-corrected chi connectivity index (χ2v) is 10.1. The molecule has 0 unspecified atom stereocenters. The number of ether oxygens (including phenoxy) is 5. The third-order valence-electron chi connectivity index (χ3n) is 7.07. The van der Waals surface area contributed by atoms with Crippen LogP contribution in [-0.4, -0.2) is 37.5 Å². The standard InChI is InChI=1S/C35H36O6/c36-21-31-33(38-23-28-15-7-2-8-16-28)34(39-24-29-17-9-3-10-18-29)32(26-37-22-27-13-5-1-6-14-27)41-35(31)40-25-30-19-11-4-12-20-30/h1-21,31-35H,22-26H2/t31-,32-,33-,34-,35+/m1/s1. The van der Waals surface area contributed by atoms with Crippen LogP contribution in [0.1, 0.15) is 22.3 Å². The Labute approximate surface area is 241 Å². The van der Waals surface area contributed by atoms with Gasteiger partial charge in [-0.25, -0.2) is 0 Å². The second kappa shape index (κ2) is 15.4. The van der Waals surface area contributed by atoms with Crippen LogP contribution in [0.4, 0.5) is 0 Å². The Kier molecular flexibility index (Phi) is 10.8. The van der Waals surface area contributed by atoms with Crippen molar-refractivity contribution in [3.8, 4) is 0 Å². The van der Waals surface area contributed by atoms with Gasteiger partial charge in [0.25, 0.3) is 0 Å². The van der Waals surface area contributed by atoms with Gasteiger partial charge in [0, 0.05) is 0 Å². The van der Waals surface area contributed by atoms with Gasteiger partial charge in [-0.15, -0.1) is 0 Å². The highest BCUT2D eigenvalue weighted by molar-refractivity contribution is 5.56. The molecule has 1 heterocycles. The molecular weight excluding hydrogens is 516 g/mol. The number of aldehydes is 1. The van der Waals surface area contributed by atoms with Gasteiger partial charge < -0.3 is 28.5 Å². The third kappa shape index (κ3) is 8.43. The highest BCUT2D eigenvalue weighted by Crippen LogP contribution is 2.32. The predicted molar refractivity (Wildman–Crippen MR) is 156 cm³/mol. The zero-order valence-electron chi connectivity index (χ0n) is 23.0. The fourth-order valence-electron chi connectivity index (χ4n) is 4.91. The maximum Gasteiger partial charge on any atom is 0.170 e. The summed E-state index contributed by atoms with van der Waals surface area (Å²) >= 11 is 0. The van der Waals surface area contributed by atoms with E-state index in [1.54, 1.807) is 0 Å². The Morgan fingerprint density at radius 2 is 0.951 bits per heavy atom. The number of carbonyl (C=O) groups is 1. The van der Waals surface area contributed by atoms with Gasteiger partial charge in [-0.2, -0.15) is 0 Å². The second-order valence-electron chi connectivity index (χ2n) is 10.1. The van der Waals surface area contributed by atoms with Gasteiger partial charge in [0.1, 0.15) is 24.6 Å². The molecule has 0 aliphatic carbocycles. The molecule has 212 valence electrons. The van der Waals surface area contributed by atoms with Gasteiger partial charge in [0.15, 0.2) is 6.29 Å². The molecule has 1 aliphatic heterocycles. The molecule has 5 atom stereocenters. The molecule has 41 heavy (non-hydrogen) atoms. The van der Waals surface area contributed by atoms with Crippen LogP contribution in [-0.2, 0) is 54.9 Å². The van der Waals surface area contributed by atoms with E-state index in [1.807, 2.05) is 121 Å². The van der Waals surface area contributed by atoms with E-state index in [9.17, 15) is 4.79 Å². The Bertz CT molecular complexity index is 1290. The Hall–Kier alpha value is -3.65. The van der Waals surface area contributed by atoms with Gasteiger partial charge in [0.05, 0.1) is 39.0 Å². The van der Waals surface area contributed by atoms with Crippen LogP contribution >= 0.6 is 0 Å². The first-order valence-corrected chi connectivity index (χ1v) is 14.0. The van der Waals surface area contributed by atoms with E-state index in [0.717, 1.165) is 28.5 Å². The summed E-state index contributed by atoms with van der Waals surface area (Å²) in [6, 6.07) is 39.6. The van der Waals surface area contributed by atoms with Crippen LogP contribution < -0.4 is 0 Å². The van der Waals surface area contributed by atoms with Crippen LogP contribution in [0.25, 0.3) is 0 Å². The van der Waals surface area contributed by atoms with Crippen molar-refractivity contribution in [3.05, 3.63) is 144 Å². The van der Waals surface area contributed by atoms with Gasteiger partial charge >= 0.3 is 0 Å². The average molecular weight is 553 g/mol. The Morgan fingerprint density at radius 1 is 0.537 bits per heavy atom. The van der Waals surface area contributed by atoms with Crippen LogP contribution in [0.3, 0.4) is 0 Å². The van der Waals surface area contributed by atoms with Gasteiger partial charge in [-0.1, -0.05) is 121 Å². The van der Waals surface area contributed by atoms with Crippen LogP contribution in [0.15, 0.2) is 121 Å². The van der Waals surface area contributed by atoms with Crippen molar-refractivity contribution in [2.45, 2.75) is 51.0 Å². The minimum Gasteiger partial charge on any atom is -0.374 e. The van der Waals surface area contributed by atoms with Gasteiger partial charge in [-0.05, 0) is 22.3 Å². The Morgan fingerprint density at radius 3 is 1.41 bits per heavy atom. The molecule has 1 fully saturated rings. The van der Waals surface area contributed by atoms with Gasteiger partial charge in [0.2, 0.25) is 0 Å². The number of benzene rings is 4. The zero-order chi connectivity index (χ0) is 28.1. The highest BCUT2D eigenvalue weighted by Gasteiger charge is 2.48. The third-order valence-corrected chi connectivity index (χ3v) is 7.07. The van der Waals surface area contributed by atoms with E-state index >= 15 is 0 Å². The minimum absolute atomic E-state index is 0.246. The van der Waals surface area contributed by atoms with Crippen molar-refractivity contribution in [3.63, 3.8) is 0 Å². The summed E-state index contributed by atoms with van der Waals surface area (Å²) in [5.41, 5.74) is 4.07. The predicted octanol–water partition coefficient (Wildman–Crippen LogP) is 6.13. The lowest BCUT2D eigenvalue weighted by atomic mass is 9.91. The lowest BCUT2D eigenvalue weighted by Crippen LogP contribution is -2.58. The summed E-state index contributed by atoms with van der Waals surface area (Å²) in [4.78, 5) is 12.6. The smallest absolute Gasteiger partial charge is 0.170 e. The molecule has 4 aromatic carbocycles. The van der Waals surface area contributed by atoms with E-state index in [-0.39, 0.29) is 6.61 Å². The first-order valence-electron chi connectivity index (χ1n) is 14.0. The van der Waals surface area contributed by atoms with Crippen molar-refractivity contribution in [1.29, 1.82) is 0 Å². The lowest BCUT2D eigenvalue weighted by molar-refractivity contribution is -0.299. The van der Waals surface area contributed by atoms with E-state index in [0.29, 0.717) is 26.4 Å². The van der Waals surface area contributed by atoms with Crippen molar-refractivity contribution in [1.82, 2.24) is 0 Å². The molecule has 0 radical (unpaired) electrons. The summed E-state index contributed by atoms with van der Waals surface area (Å²) in [6.45, 7) is 1.64. The summed E-state index contributed by atoms with van der Waals surface area (Å²) in [6.07, 6.45) is -1.67. The van der Waals surface area contributed by atoms with Crippen molar-refractivity contribution in [2.75, 3.05) is 6.61 Å². The molecule has 6 heteroatoms. The number of rotatable bonds is 14. The van der Waals surface area contributed by atoms with E-state index in [4.69, 9.17) is 23.7 Å². The van der Waals surface area contributed by atoms with E-state index in [2.05, 4.69) is 0 Å². The van der Waals surface area contributed by atoms with Crippen molar-refractivity contribution < 1.29 is 28.5 Å². The number of carbonyl (C=O) groups excluding carboxylic acids is 1. The molecule has 1 aliphatic rings. The maximum atomic E-state index is 12.6. The molecule has 0 spiro atoms. The van der Waals surface area contributed by atoms with Crippen LogP contribution in [0.2, 0.25) is 0 Å². The average Bonchev–Trinajstić information content (AvgIpc) is 3.04. The van der Waals surface area contributed by atoms with Crippen LogP contribution in [0.5, 0.6) is 0 Å². The molecule has 0 saturated carbocycles. The summed E-state index contributed by atoms with van der Waals surface area (Å²) in [5.74, 6) is -0.700. The largest absolute Gasteiger partial charge is 0.374 e. The first-order chi connectivity index (χ1) is 20.3. The molecule has 6 nitrogen and oxygen atoms in total. The van der Waals surface area contributed by atoms with Crippen LogP contribution in [0, 0.1) is 5.92 Å². The molecule has 0 aromatic heterocycles. The first kappa shape index (κ1) is 28.9. The SMILES string of the molecule is O=C[C@H]1[C@@H](OCc2ccccc2)O[C@H](COCc2ccccc2)[C@@H](OCc2ccccc2)[C@@H]1OCc1ccccc1. The zero-order valence-corrected chi connectivity index (χ0v) is 23.0. The molecule has 5 rings (SSSR count). The van der Waals surface area contributed by atoms with Crippen molar-refractivity contribution >= 4 is 6.29 Å². The van der Waals surface area contributed by atoms with Crippen molar-refractivity contribution in [2.24, 2.45) is 5.92 Å². The number of hydrogen-bond donors (Lipinski definition) is 0. The summed E-state index contributed by atoms with van der Waals surface area (Å²) in [5, 5.41) is 0.